The van der Waals surface area contributed by atoms with Gasteiger partial charge in [-0.15, -0.1) is 0 Å². The molecule has 2 aliphatic carbocycles. The molecular formula is C22H25F2N5O5S. The van der Waals surface area contributed by atoms with Crippen LogP contribution in [0.1, 0.15) is 48.0 Å². The van der Waals surface area contributed by atoms with Crippen molar-refractivity contribution in [1.82, 2.24) is 10.5 Å². The Kier molecular flexibility index (Phi) is 6.90. The van der Waals surface area contributed by atoms with Crippen molar-refractivity contribution in [2.24, 2.45) is 5.92 Å². The third kappa shape index (κ3) is 5.68. The molecule has 2 amide bonds. The van der Waals surface area contributed by atoms with Gasteiger partial charge in [0.05, 0.1) is 29.2 Å². The molecule has 3 N–H and O–H groups in total. The highest BCUT2D eigenvalue weighted by atomic mass is 32.2. The first-order chi connectivity index (χ1) is 16.6. The second-order valence-corrected chi connectivity index (χ2v) is 9.50. The van der Waals surface area contributed by atoms with Crippen LogP contribution in [-0.2, 0) is 20.5 Å². The number of anilines is 4. The summed E-state index contributed by atoms with van der Waals surface area (Å²) in [6, 6.07) is 6.65. The van der Waals surface area contributed by atoms with E-state index in [9.17, 15) is 26.8 Å². The van der Waals surface area contributed by atoms with Gasteiger partial charge in [-0.25, -0.2) is 27.7 Å². The number of alkyl halides is 2. The molecule has 1 heterocycles. The summed E-state index contributed by atoms with van der Waals surface area (Å²) in [7, 11) is -1.54. The van der Waals surface area contributed by atoms with Crippen molar-refractivity contribution in [2.45, 2.75) is 38.0 Å². The van der Waals surface area contributed by atoms with Crippen LogP contribution in [0.3, 0.4) is 0 Å². The van der Waals surface area contributed by atoms with Crippen molar-refractivity contribution < 1.29 is 31.6 Å². The van der Waals surface area contributed by atoms with Gasteiger partial charge in [0.2, 0.25) is 16.8 Å². The molecule has 0 saturated heterocycles. The first-order valence-corrected chi connectivity index (χ1v) is 12.1. The van der Waals surface area contributed by atoms with E-state index >= 15 is 0 Å². The van der Waals surface area contributed by atoms with E-state index in [0.29, 0.717) is 17.3 Å². The smallest absolute Gasteiger partial charge is 0.278 e. The topological polar surface area (TPSA) is 130 Å². The second-order valence-electron chi connectivity index (χ2n) is 8.42. The average Bonchev–Trinajstić information content (AvgIpc) is 3.74. The van der Waals surface area contributed by atoms with E-state index in [1.807, 2.05) is 6.07 Å². The molecule has 35 heavy (non-hydrogen) atoms. The van der Waals surface area contributed by atoms with Gasteiger partial charge in [0, 0.05) is 25.7 Å². The molecule has 0 bridgehead atoms. The molecule has 188 valence electrons. The maximum Gasteiger partial charge on any atom is 0.278 e. The largest absolute Gasteiger partial charge is 0.353 e. The van der Waals surface area contributed by atoms with Gasteiger partial charge in [0.15, 0.2) is 0 Å². The first kappa shape index (κ1) is 24.8. The molecule has 0 spiro atoms. The van der Waals surface area contributed by atoms with Gasteiger partial charge in [0.25, 0.3) is 11.8 Å². The average molecular weight is 510 g/mol. The van der Waals surface area contributed by atoms with Gasteiger partial charge in [0.1, 0.15) is 11.7 Å². The Morgan fingerprint density at radius 3 is 2.54 bits per heavy atom. The van der Waals surface area contributed by atoms with Crippen molar-refractivity contribution in [1.29, 1.82) is 0 Å². The minimum absolute atomic E-state index is 0.0274. The lowest BCUT2D eigenvalue weighted by Crippen LogP contribution is -2.25. The van der Waals surface area contributed by atoms with Crippen LogP contribution >= 0.6 is 0 Å². The van der Waals surface area contributed by atoms with Crippen LogP contribution in [0.2, 0.25) is 0 Å². The monoisotopic (exact) mass is 509 g/mol. The minimum atomic E-state index is -3.04. The number of thiol groups is 1. The number of hydrogen-bond acceptors (Lipinski definition) is 7. The summed E-state index contributed by atoms with van der Waals surface area (Å²) < 4.78 is 51.1. The number of nitrogens with zero attached hydrogens (tertiary/aromatic N) is 2. The molecule has 1 atom stereocenters. The summed E-state index contributed by atoms with van der Waals surface area (Å²) >= 11 is 0. The number of aromatic nitrogens is 1. The van der Waals surface area contributed by atoms with Crippen LogP contribution in [0.4, 0.5) is 31.7 Å². The molecular weight excluding hydrogens is 484 g/mol. The van der Waals surface area contributed by atoms with Gasteiger partial charge < -0.3 is 10.6 Å². The molecule has 2 aliphatic rings. The lowest BCUT2D eigenvalue weighted by molar-refractivity contribution is -0.119. The molecule has 0 aliphatic heterocycles. The highest BCUT2D eigenvalue weighted by Gasteiger charge is 2.61. The molecule has 1 unspecified atom stereocenters. The standard InChI is InChI=1S/C22H25F2N5O5S/c1-3-34-28-20(30)14-11-25-19(27-21(31)15-10-22(15,23)24)9-17(14)26-16-7-6-13(12-4-5-12)8-18(16)29(2)35(32)33/h6-9,11-12,15,35H,3-5,10H2,1-2H3,(H,28,30)(H2,25,26,27,31). The number of amides is 2. The minimum Gasteiger partial charge on any atom is -0.353 e. The predicted molar refractivity (Wildman–Crippen MR) is 125 cm³/mol. The van der Waals surface area contributed by atoms with E-state index in [-0.39, 0.29) is 23.7 Å². The Morgan fingerprint density at radius 1 is 1.23 bits per heavy atom. The summed E-state index contributed by atoms with van der Waals surface area (Å²) in [6.07, 6.45) is 2.67. The van der Waals surface area contributed by atoms with E-state index < -0.39 is 41.0 Å². The summed E-state index contributed by atoms with van der Waals surface area (Å²) in [5.41, 5.74) is 4.17. The van der Waals surface area contributed by atoms with Crippen molar-refractivity contribution >= 4 is 45.6 Å². The van der Waals surface area contributed by atoms with Crippen LogP contribution in [0.25, 0.3) is 0 Å². The number of rotatable bonds is 10. The molecule has 1 aromatic carbocycles. The Bertz CT molecular complexity index is 1230. The number of carbonyl (C=O) groups excluding carboxylic acids is 2. The van der Waals surface area contributed by atoms with E-state index in [1.165, 1.54) is 13.1 Å². The number of hydrogen-bond donors (Lipinski definition) is 4. The van der Waals surface area contributed by atoms with Crippen molar-refractivity contribution in [2.75, 3.05) is 28.6 Å². The molecule has 2 saturated carbocycles. The Hall–Kier alpha value is -3.32. The van der Waals surface area contributed by atoms with Gasteiger partial charge in [-0.2, -0.15) is 0 Å². The zero-order valence-corrected chi connectivity index (χ0v) is 19.9. The van der Waals surface area contributed by atoms with E-state index in [4.69, 9.17) is 4.84 Å². The fourth-order valence-corrected chi connectivity index (χ4v) is 3.88. The molecule has 0 radical (unpaired) electrons. The quantitative estimate of drug-likeness (QED) is 0.286. The van der Waals surface area contributed by atoms with Crippen molar-refractivity contribution in [3.05, 3.63) is 41.6 Å². The Morgan fingerprint density at radius 2 is 1.94 bits per heavy atom. The third-order valence-electron chi connectivity index (χ3n) is 5.78. The summed E-state index contributed by atoms with van der Waals surface area (Å²) in [4.78, 5) is 33.7. The lowest BCUT2D eigenvalue weighted by Gasteiger charge is -2.20. The van der Waals surface area contributed by atoms with Crippen LogP contribution in [0, 0.1) is 5.92 Å². The Labute approximate surface area is 202 Å². The van der Waals surface area contributed by atoms with Crippen molar-refractivity contribution in [3.8, 4) is 0 Å². The summed E-state index contributed by atoms with van der Waals surface area (Å²) in [6.45, 7) is 1.89. The van der Waals surface area contributed by atoms with Crippen LogP contribution < -0.4 is 20.4 Å². The SMILES string of the molecule is CCONC(=O)c1cnc(NC(=O)C2CC2(F)F)cc1Nc1ccc(C2CC2)cc1N(C)[SH](=O)=O. The van der Waals surface area contributed by atoms with E-state index in [2.05, 4.69) is 21.1 Å². The zero-order valence-electron chi connectivity index (χ0n) is 19.0. The lowest BCUT2D eigenvalue weighted by atomic mass is 10.1. The van der Waals surface area contributed by atoms with E-state index in [0.717, 1.165) is 28.9 Å². The van der Waals surface area contributed by atoms with Gasteiger partial charge >= 0.3 is 0 Å². The van der Waals surface area contributed by atoms with E-state index in [1.54, 1.807) is 19.1 Å². The fraction of sp³-hybridized carbons (Fsp3) is 0.409. The molecule has 1 aromatic heterocycles. The van der Waals surface area contributed by atoms with Crippen LogP contribution in [0.5, 0.6) is 0 Å². The molecule has 13 heteroatoms. The first-order valence-electron chi connectivity index (χ1n) is 11.0. The number of hydroxylamine groups is 1. The summed E-state index contributed by atoms with van der Waals surface area (Å²) in [5.74, 6) is -5.67. The number of carbonyl (C=O) groups is 2. The summed E-state index contributed by atoms with van der Waals surface area (Å²) in [5, 5.41) is 5.37. The highest BCUT2D eigenvalue weighted by molar-refractivity contribution is 7.74. The maximum atomic E-state index is 13.3. The Balaban J connectivity index is 1.68. The van der Waals surface area contributed by atoms with Crippen molar-refractivity contribution in [3.63, 3.8) is 0 Å². The normalized spacial score (nSPS) is 18.1. The van der Waals surface area contributed by atoms with Crippen LogP contribution in [-0.4, -0.2) is 44.8 Å². The predicted octanol–water partition coefficient (Wildman–Crippen LogP) is 2.94. The second kappa shape index (κ2) is 9.74. The molecule has 2 aromatic rings. The van der Waals surface area contributed by atoms with Gasteiger partial charge in [-0.3, -0.25) is 18.7 Å². The number of halogens is 2. The highest BCUT2D eigenvalue weighted by Crippen LogP contribution is 2.49. The number of pyridine rings is 1. The van der Waals surface area contributed by atoms with Gasteiger partial charge in [-0.05, 0) is 43.4 Å². The third-order valence-corrected chi connectivity index (χ3v) is 6.49. The fourth-order valence-electron chi connectivity index (χ4n) is 3.54. The molecule has 2 fully saturated rings. The molecule has 4 rings (SSSR count). The van der Waals surface area contributed by atoms with Crippen LogP contribution in [0.15, 0.2) is 30.5 Å². The zero-order chi connectivity index (χ0) is 25.3. The molecule has 10 nitrogen and oxygen atoms in total. The number of nitrogens with one attached hydrogen (secondary N) is 3. The number of benzene rings is 1. The maximum absolute atomic E-state index is 13.3. The van der Waals surface area contributed by atoms with Gasteiger partial charge in [-0.1, -0.05) is 6.07 Å².